The van der Waals surface area contributed by atoms with Gasteiger partial charge in [-0.15, -0.1) is 0 Å². The average Bonchev–Trinajstić information content (AvgIpc) is 2.79. The molecule has 0 atom stereocenters. The number of nitrogens with zero attached hydrogens (tertiary/aromatic N) is 1. The molecule has 0 aromatic heterocycles. The van der Waals surface area contributed by atoms with Gasteiger partial charge in [-0.05, 0) is 0 Å². The van der Waals surface area contributed by atoms with Crippen LogP contribution in [0, 0.1) is 0 Å². The summed E-state index contributed by atoms with van der Waals surface area (Å²) in [5, 5.41) is 4.05. The number of amides is 2. The Morgan fingerprint density at radius 1 is 0.969 bits per heavy atom. The first-order valence-electron chi connectivity index (χ1n) is 12.4. The number of ether oxygens (including phenoxy) is 1. The predicted molar refractivity (Wildman–Crippen MR) is 137 cm³/mol. The van der Waals surface area contributed by atoms with Gasteiger partial charge in [0.15, 0.2) is 0 Å². The number of anilines is 1. The molecule has 6 heteroatoms. The van der Waals surface area contributed by atoms with Crippen LogP contribution in [0.3, 0.4) is 0 Å². The van der Waals surface area contributed by atoms with Crippen LogP contribution in [-0.2, 0) is 16.1 Å². The van der Waals surface area contributed by atoms with Crippen molar-refractivity contribution in [2.45, 2.75) is 101 Å². The molecule has 0 aliphatic heterocycles. The molecule has 1 rings (SSSR count). The monoisotopic (exact) mass is 508 g/mol. The number of rotatable bonds is 19. The van der Waals surface area contributed by atoms with Crippen molar-refractivity contribution in [1.29, 1.82) is 0 Å². The molecule has 0 aliphatic rings. The molecule has 182 valence electrons. The zero-order chi connectivity index (χ0) is 23.4. The molecule has 0 heterocycles. The number of carbonyl (C=O) groups is 2. The Morgan fingerprint density at radius 3 is 2.22 bits per heavy atom. The van der Waals surface area contributed by atoms with Crippen LogP contribution in [0.25, 0.3) is 0 Å². The van der Waals surface area contributed by atoms with Crippen molar-refractivity contribution < 1.29 is 14.3 Å². The molecule has 2 amide bonds. The van der Waals surface area contributed by atoms with Gasteiger partial charge in [0, 0.05) is 0 Å². The van der Waals surface area contributed by atoms with Crippen molar-refractivity contribution in [2.24, 2.45) is 0 Å². The first-order valence-corrected chi connectivity index (χ1v) is 17.5. The Bertz CT molecular complexity index is 625. The molecule has 1 aromatic carbocycles. The third-order valence-electron chi connectivity index (χ3n) is 5.59. The molecule has 0 aliphatic carbocycles. The standard InChI is InChI=1S/C26H45AsN2O3/c1-4-5-6-7-8-9-10-11-12-15-21-29(23-30)25-18-14-13-17-24(25)22-32-26(31)28-20-16-19-27(2)3/h13-14,17-18,23H,4-12,15-16,19-22H2,1-3H3,(H,28,31). The molecular formula is C26H45AsN2O3. The summed E-state index contributed by atoms with van der Waals surface area (Å²) in [5.41, 5.74) is 6.32. The second-order valence-corrected chi connectivity index (χ2v) is 14.2. The van der Waals surface area contributed by atoms with E-state index in [1.54, 1.807) is 4.90 Å². The summed E-state index contributed by atoms with van der Waals surface area (Å²) < 4.78 is 5.39. The van der Waals surface area contributed by atoms with Gasteiger partial charge in [-0.3, -0.25) is 0 Å². The van der Waals surface area contributed by atoms with Gasteiger partial charge in [-0.2, -0.15) is 0 Å². The number of hydrogen-bond acceptors (Lipinski definition) is 3. The van der Waals surface area contributed by atoms with Crippen LogP contribution in [0.4, 0.5) is 10.5 Å². The van der Waals surface area contributed by atoms with E-state index >= 15 is 0 Å². The Balaban J connectivity index is 2.33. The number of alkyl carbamates (subject to hydrolysis) is 1. The number of para-hydroxylation sites is 1. The van der Waals surface area contributed by atoms with Gasteiger partial charge < -0.3 is 0 Å². The van der Waals surface area contributed by atoms with Gasteiger partial charge in [0.05, 0.1) is 0 Å². The summed E-state index contributed by atoms with van der Waals surface area (Å²) in [4.78, 5) is 25.4. The van der Waals surface area contributed by atoms with Gasteiger partial charge in [-0.1, -0.05) is 64.7 Å². The minimum absolute atomic E-state index is 0.170. The van der Waals surface area contributed by atoms with Crippen molar-refractivity contribution in [3.05, 3.63) is 29.8 Å². The number of benzene rings is 1. The van der Waals surface area contributed by atoms with E-state index in [-0.39, 0.29) is 6.61 Å². The van der Waals surface area contributed by atoms with Crippen molar-refractivity contribution in [3.63, 3.8) is 0 Å². The Morgan fingerprint density at radius 2 is 1.59 bits per heavy atom. The first-order chi connectivity index (χ1) is 15.6. The molecule has 5 nitrogen and oxygen atoms in total. The zero-order valence-electron chi connectivity index (χ0n) is 20.6. The van der Waals surface area contributed by atoms with Gasteiger partial charge >= 0.3 is 136 Å². The third kappa shape index (κ3) is 13.8. The van der Waals surface area contributed by atoms with Gasteiger partial charge in [-0.25, -0.2) is 0 Å². The fourth-order valence-electron chi connectivity index (χ4n) is 3.69. The van der Waals surface area contributed by atoms with Crippen LogP contribution < -0.4 is 10.2 Å². The molecule has 0 unspecified atom stereocenters. The van der Waals surface area contributed by atoms with E-state index in [1.165, 1.54) is 56.6 Å². The maximum atomic E-state index is 12.0. The topological polar surface area (TPSA) is 58.6 Å². The molecule has 1 aromatic rings. The number of unbranched alkanes of at least 4 members (excludes halogenated alkanes) is 9. The van der Waals surface area contributed by atoms with E-state index in [1.807, 2.05) is 24.3 Å². The van der Waals surface area contributed by atoms with E-state index in [0.29, 0.717) is 13.1 Å². The van der Waals surface area contributed by atoms with Crippen molar-refractivity contribution in [1.82, 2.24) is 5.32 Å². The molecule has 0 saturated carbocycles. The molecule has 32 heavy (non-hydrogen) atoms. The number of nitrogens with one attached hydrogen (secondary N) is 1. The summed E-state index contributed by atoms with van der Waals surface area (Å²) in [6.45, 7) is 3.78. The quantitative estimate of drug-likeness (QED) is 0.125. The molecular weight excluding hydrogens is 463 g/mol. The Kier molecular flexibility index (Phi) is 17.0. The summed E-state index contributed by atoms with van der Waals surface area (Å²) >= 11 is -0.636. The SMILES string of the molecule is CCCCCCCCCCCCN(C=O)c1ccccc1COC(=O)NCCC[As](C)C. The summed E-state index contributed by atoms with van der Waals surface area (Å²) in [6, 6.07) is 7.68. The van der Waals surface area contributed by atoms with Gasteiger partial charge in [0.25, 0.3) is 0 Å². The second kappa shape index (κ2) is 19.0. The van der Waals surface area contributed by atoms with Crippen LogP contribution in [0.1, 0.15) is 83.1 Å². The van der Waals surface area contributed by atoms with Crippen LogP contribution in [0.2, 0.25) is 16.6 Å². The summed E-state index contributed by atoms with van der Waals surface area (Å²) in [5.74, 6) is 0. The van der Waals surface area contributed by atoms with E-state index in [9.17, 15) is 9.59 Å². The van der Waals surface area contributed by atoms with Crippen molar-refractivity contribution in [3.8, 4) is 0 Å². The first kappa shape index (κ1) is 28.6. The van der Waals surface area contributed by atoms with E-state index < -0.39 is 20.7 Å². The van der Waals surface area contributed by atoms with Crippen molar-refractivity contribution >= 4 is 32.8 Å². The fourth-order valence-corrected chi connectivity index (χ4v) is 5.35. The van der Waals surface area contributed by atoms with E-state index in [0.717, 1.165) is 36.9 Å². The molecule has 0 fully saturated rings. The number of carbonyl (C=O) groups excluding carboxylic acids is 2. The van der Waals surface area contributed by atoms with Crippen LogP contribution in [0.15, 0.2) is 24.3 Å². The normalized spacial score (nSPS) is 10.9. The maximum absolute atomic E-state index is 12.0. The summed E-state index contributed by atoms with van der Waals surface area (Å²) in [7, 11) is 0. The third-order valence-corrected chi connectivity index (χ3v) is 8.13. The van der Waals surface area contributed by atoms with Crippen LogP contribution in [0.5, 0.6) is 0 Å². The van der Waals surface area contributed by atoms with Crippen LogP contribution >= 0.6 is 0 Å². The number of hydrogen-bond donors (Lipinski definition) is 1. The Labute approximate surface area is 200 Å². The molecule has 0 saturated heterocycles. The van der Waals surface area contributed by atoms with E-state index in [4.69, 9.17) is 4.74 Å². The molecule has 0 radical (unpaired) electrons. The van der Waals surface area contributed by atoms with E-state index in [2.05, 4.69) is 23.7 Å². The fraction of sp³-hybridized carbons (Fsp3) is 0.692. The molecule has 1 N–H and O–H groups in total. The molecule has 0 spiro atoms. The zero-order valence-corrected chi connectivity index (χ0v) is 22.5. The predicted octanol–water partition coefficient (Wildman–Crippen LogP) is 6.94. The van der Waals surface area contributed by atoms with Gasteiger partial charge in [0.1, 0.15) is 0 Å². The van der Waals surface area contributed by atoms with Crippen molar-refractivity contribution in [2.75, 3.05) is 18.0 Å². The van der Waals surface area contributed by atoms with Gasteiger partial charge in [0.2, 0.25) is 0 Å². The Hall–Kier alpha value is -1.48. The second-order valence-electron chi connectivity index (χ2n) is 8.77. The van der Waals surface area contributed by atoms with Crippen LogP contribution in [-0.4, -0.2) is 40.2 Å². The minimum atomic E-state index is -0.636. The molecule has 0 bridgehead atoms. The summed E-state index contributed by atoms with van der Waals surface area (Å²) in [6.07, 6.45) is 14.2. The average molecular weight is 509 g/mol.